The zero-order valence-corrected chi connectivity index (χ0v) is 21.5. The number of nitrogens with zero attached hydrogens (tertiary/aromatic N) is 2. The summed E-state index contributed by atoms with van der Waals surface area (Å²) in [6.07, 6.45) is 1.52. The Morgan fingerprint density at radius 2 is 1.32 bits per heavy atom. The maximum Gasteiger partial charge on any atom is 0.270 e. The van der Waals surface area contributed by atoms with Gasteiger partial charge in [0, 0.05) is 5.56 Å². The van der Waals surface area contributed by atoms with Gasteiger partial charge in [-0.3, -0.25) is 19.4 Å². The maximum absolute atomic E-state index is 14.0. The third kappa shape index (κ3) is 5.07. The number of carbonyl (C=O) groups excluding carboxylic acids is 2. The van der Waals surface area contributed by atoms with Crippen molar-refractivity contribution in [1.82, 2.24) is 0 Å². The fourth-order valence-electron chi connectivity index (χ4n) is 3.99. The Bertz CT molecular complexity index is 1460. The molecular formula is C30H20ClFN2O3S. The van der Waals surface area contributed by atoms with Crippen LogP contribution in [0, 0.1) is 5.82 Å². The van der Waals surface area contributed by atoms with Crippen molar-refractivity contribution in [3.8, 4) is 5.75 Å². The topological polar surface area (TPSA) is 49.9 Å². The quantitative estimate of drug-likeness (QED) is 0.153. The van der Waals surface area contributed by atoms with Crippen molar-refractivity contribution in [2.45, 2.75) is 6.61 Å². The minimum absolute atomic E-state index is 0.0432. The summed E-state index contributed by atoms with van der Waals surface area (Å²) in [6, 6.07) is 29.1. The second kappa shape index (κ2) is 11.0. The molecule has 1 fully saturated rings. The van der Waals surface area contributed by atoms with Crippen molar-refractivity contribution in [3.63, 3.8) is 0 Å². The van der Waals surface area contributed by atoms with Gasteiger partial charge in [-0.1, -0.05) is 66.2 Å². The minimum atomic E-state index is -0.520. The van der Waals surface area contributed by atoms with Crippen LogP contribution in [0.5, 0.6) is 5.75 Å². The standard InChI is InChI=1S/C30H20ClFN2O3S/c31-26-12-7-13-27(32)25(26)19-37-23-16-14-20(15-17-23)18-24-28(35)33(21-8-3-1-4-9-21)30(38)34(29(24)36)22-10-5-2-6-11-22/h1-18H,19H2. The number of rotatable bonds is 6. The molecule has 4 aromatic rings. The zero-order valence-electron chi connectivity index (χ0n) is 19.9. The molecule has 0 aliphatic carbocycles. The highest BCUT2D eigenvalue weighted by molar-refractivity contribution is 7.81. The van der Waals surface area contributed by atoms with Crippen molar-refractivity contribution in [2.24, 2.45) is 0 Å². The molecule has 5 rings (SSSR count). The Hall–Kier alpha value is -4.33. The Balaban J connectivity index is 1.45. The zero-order chi connectivity index (χ0) is 26.6. The molecule has 1 aliphatic rings. The molecule has 0 radical (unpaired) electrons. The van der Waals surface area contributed by atoms with Gasteiger partial charge in [-0.25, -0.2) is 4.39 Å². The van der Waals surface area contributed by atoms with Crippen LogP contribution < -0.4 is 14.5 Å². The fraction of sp³-hybridized carbons (Fsp3) is 0.0333. The number of amides is 2. The molecule has 1 aliphatic heterocycles. The lowest BCUT2D eigenvalue weighted by Crippen LogP contribution is -2.56. The lowest BCUT2D eigenvalue weighted by Gasteiger charge is -2.36. The van der Waals surface area contributed by atoms with Crippen LogP contribution in [0.1, 0.15) is 11.1 Å². The molecule has 4 aromatic carbocycles. The van der Waals surface area contributed by atoms with Gasteiger partial charge in [-0.2, -0.15) is 0 Å². The normalized spacial score (nSPS) is 13.6. The first kappa shape index (κ1) is 25.3. The van der Waals surface area contributed by atoms with Crippen LogP contribution in [-0.2, 0) is 16.2 Å². The smallest absolute Gasteiger partial charge is 0.270 e. The van der Waals surface area contributed by atoms with Crippen LogP contribution in [0.25, 0.3) is 6.08 Å². The Labute approximate surface area is 229 Å². The summed E-state index contributed by atoms with van der Waals surface area (Å²) in [5.74, 6) is -1.01. The molecule has 0 saturated carbocycles. The molecule has 0 spiro atoms. The van der Waals surface area contributed by atoms with Crippen LogP contribution in [0.3, 0.4) is 0 Å². The molecule has 0 N–H and O–H groups in total. The lowest BCUT2D eigenvalue weighted by atomic mass is 10.0. The van der Waals surface area contributed by atoms with E-state index in [1.165, 1.54) is 28.0 Å². The third-order valence-corrected chi connectivity index (χ3v) is 6.63. The van der Waals surface area contributed by atoms with Gasteiger partial charge in [0.25, 0.3) is 11.8 Å². The second-order valence-electron chi connectivity index (χ2n) is 8.35. The molecule has 0 atom stereocenters. The van der Waals surface area contributed by atoms with Crippen molar-refractivity contribution in [3.05, 3.63) is 131 Å². The minimum Gasteiger partial charge on any atom is -0.489 e. The van der Waals surface area contributed by atoms with E-state index in [4.69, 9.17) is 28.6 Å². The summed E-state index contributed by atoms with van der Waals surface area (Å²) in [7, 11) is 0. The number of benzene rings is 4. The van der Waals surface area contributed by atoms with Crippen LogP contribution in [-0.4, -0.2) is 16.9 Å². The van der Waals surface area contributed by atoms with E-state index in [-0.39, 0.29) is 27.9 Å². The van der Waals surface area contributed by atoms with Crippen molar-refractivity contribution < 1.29 is 18.7 Å². The maximum atomic E-state index is 14.0. The third-order valence-electron chi connectivity index (χ3n) is 5.91. The molecule has 0 bridgehead atoms. The molecular weight excluding hydrogens is 523 g/mol. The Kier molecular flexibility index (Phi) is 7.31. The number of carbonyl (C=O) groups is 2. The molecule has 38 heavy (non-hydrogen) atoms. The number of thiocarbonyl (C=S) groups is 1. The van der Waals surface area contributed by atoms with E-state index >= 15 is 0 Å². The van der Waals surface area contributed by atoms with E-state index in [1.54, 1.807) is 78.9 Å². The van der Waals surface area contributed by atoms with Crippen molar-refractivity contribution in [1.29, 1.82) is 0 Å². The molecule has 5 nitrogen and oxygen atoms in total. The summed E-state index contributed by atoms with van der Waals surface area (Å²) in [5, 5.41) is 0.356. The lowest BCUT2D eigenvalue weighted by molar-refractivity contribution is -0.120. The van der Waals surface area contributed by atoms with E-state index in [0.717, 1.165) is 0 Å². The summed E-state index contributed by atoms with van der Waals surface area (Å²) >= 11 is 11.7. The van der Waals surface area contributed by atoms with E-state index in [9.17, 15) is 14.0 Å². The fourth-order valence-corrected chi connectivity index (χ4v) is 4.59. The number of anilines is 2. The van der Waals surface area contributed by atoms with Gasteiger partial charge >= 0.3 is 0 Å². The highest BCUT2D eigenvalue weighted by Gasteiger charge is 2.41. The van der Waals surface area contributed by atoms with Crippen molar-refractivity contribution >= 4 is 58.2 Å². The molecule has 1 saturated heterocycles. The first-order valence-electron chi connectivity index (χ1n) is 11.6. The Morgan fingerprint density at radius 3 is 1.84 bits per heavy atom. The van der Waals surface area contributed by atoms with Gasteiger partial charge in [0.2, 0.25) is 0 Å². The van der Waals surface area contributed by atoms with Crippen LogP contribution in [0.15, 0.2) is 109 Å². The summed E-state index contributed by atoms with van der Waals surface area (Å²) < 4.78 is 19.7. The van der Waals surface area contributed by atoms with Crippen LogP contribution in [0.2, 0.25) is 5.02 Å². The average Bonchev–Trinajstić information content (AvgIpc) is 2.93. The van der Waals surface area contributed by atoms with Gasteiger partial charge in [-0.05, 0) is 72.4 Å². The first-order valence-corrected chi connectivity index (χ1v) is 12.4. The number of ether oxygens (including phenoxy) is 1. The summed E-state index contributed by atoms with van der Waals surface area (Å²) in [6.45, 7) is -0.0432. The average molecular weight is 543 g/mol. The van der Waals surface area contributed by atoms with Gasteiger partial charge < -0.3 is 4.74 Å². The molecule has 8 heteroatoms. The van der Waals surface area contributed by atoms with Crippen molar-refractivity contribution in [2.75, 3.05) is 9.80 Å². The van der Waals surface area contributed by atoms with E-state index in [0.29, 0.717) is 22.7 Å². The monoisotopic (exact) mass is 542 g/mol. The van der Waals surface area contributed by atoms with E-state index < -0.39 is 17.6 Å². The molecule has 0 aromatic heterocycles. The first-order chi connectivity index (χ1) is 18.4. The molecule has 188 valence electrons. The highest BCUT2D eigenvalue weighted by atomic mass is 35.5. The predicted octanol–water partition coefficient (Wildman–Crippen LogP) is 6.81. The predicted molar refractivity (Wildman–Crippen MR) is 151 cm³/mol. The van der Waals surface area contributed by atoms with Crippen LogP contribution >= 0.6 is 23.8 Å². The number of halogens is 2. The molecule has 2 amide bonds. The van der Waals surface area contributed by atoms with Gasteiger partial charge in [0.05, 0.1) is 16.4 Å². The second-order valence-corrected chi connectivity index (χ2v) is 9.12. The number of hydrogen-bond acceptors (Lipinski definition) is 4. The largest absolute Gasteiger partial charge is 0.489 e. The molecule has 0 unspecified atom stereocenters. The van der Waals surface area contributed by atoms with Gasteiger partial charge in [0.15, 0.2) is 5.11 Å². The summed E-state index contributed by atoms with van der Waals surface area (Å²) in [5.41, 5.74) is 1.93. The van der Waals surface area contributed by atoms with Gasteiger partial charge in [-0.15, -0.1) is 0 Å². The van der Waals surface area contributed by atoms with Crippen LogP contribution in [0.4, 0.5) is 15.8 Å². The highest BCUT2D eigenvalue weighted by Crippen LogP contribution is 2.30. The SMILES string of the molecule is O=C1C(=Cc2ccc(OCc3c(F)cccc3Cl)cc2)C(=O)N(c2ccccc2)C(=S)N1c1ccccc1. The summed E-state index contributed by atoms with van der Waals surface area (Å²) in [4.78, 5) is 29.8. The Morgan fingerprint density at radius 1 is 0.763 bits per heavy atom. The van der Waals surface area contributed by atoms with E-state index in [2.05, 4.69) is 0 Å². The number of para-hydroxylation sites is 2. The number of hydrogen-bond donors (Lipinski definition) is 0. The molecule has 1 heterocycles. The van der Waals surface area contributed by atoms with Gasteiger partial charge in [0.1, 0.15) is 23.7 Å². The van der Waals surface area contributed by atoms with E-state index in [1.807, 2.05) is 12.1 Å².